The van der Waals surface area contributed by atoms with Crippen LogP contribution in [0.2, 0.25) is 0 Å². The number of urea groups is 1. The van der Waals surface area contributed by atoms with E-state index in [0.717, 1.165) is 31.5 Å². The maximum absolute atomic E-state index is 12.8. The number of rotatable bonds is 4. The van der Waals surface area contributed by atoms with Crippen molar-refractivity contribution in [2.24, 2.45) is 0 Å². The van der Waals surface area contributed by atoms with Crippen molar-refractivity contribution in [2.45, 2.75) is 31.7 Å². The number of anilines is 1. The Kier molecular flexibility index (Phi) is 5.72. The Balaban J connectivity index is 1.44. The lowest BCUT2D eigenvalue weighted by atomic mass is 9.94. The molecule has 1 fully saturated rings. The lowest BCUT2D eigenvalue weighted by Gasteiger charge is -2.36. The summed E-state index contributed by atoms with van der Waals surface area (Å²) in [5.41, 5.74) is 4.59. The zero-order valence-corrected chi connectivity index (χ0v) is 16.1. The van der Waals surface area contributed by atoms with Crippen molar-refractivity contribution >= 4 is 11.7 Å². The number of likely N-dealkylation sites (tertiary alicyclic amines) is 1. The fourth-order valence-corrected chi connectivity index (χ4v) is 3.93. The molecule has 0 aliphatic carbocycles. The number of nitrogens with zero attached hydrogens (tertiary/aromatic N) is 1. The molecule has 1 atom stereocenters. The molecule has 0 spiro atoms. The van der Waals surface area contributed by atoms with Crippen molar-refractivity contribution in [3.05, 3.63) is 90.5 Å². The van der Waals surface area contributed by atoms with E-state index in [1.165, 1.54) is 23.1 Å². The van der Waals surface area contributed by atoms with Gasteiger partial charge in [-0.1, -0.05) is 72.8 Å². The molecule has 1 aliphatic heterocycles. The molecule has 0 aromatic heterocycles. The Morgan fingerprint density at radius 3 is 2.18 bits per heavy atom. The topological polar surface area (TPSA) is 32.3 Å². The van der Waals surface area contributed by atoms with E-state index in [2.05, 4.69) is 53.8 Å². The molecule has 2 amide bonds. The first-order valence-corrected chi connectivity index (χ1v) is 10.1. The lowest BCUT2D eigenvalue weighted by molar-refractivity contribution is 0.162. The summed E-state index contributed by atoms with van der Waals surface area (Å²) in [5, 5.41) is 3.04. The van der Waals surface area contributed by atoms with Gasteiger partial charge in [0, 0.05) is 18.3 Å². The molecule has 1 saturated heterocycles. The van der Waals surface area contributed by atoms with Crippen molar-refractivity contribution < 1.29 is 4.79 Å². The molecule has 3 heteroatoms. The fraction of sp³-hybridized carbons (Fsp3) is 0.240. The number of hydrogen-bond acceptors (Lipinski definition) is 1. The minimum atomic E-state index is 0.0109. The van der Waals surface area contributed by atoms with E-state index < -0.39 is 0 Å². The molecule has 1 N–H and O–H groups in total. The summed E-state index contributed by atoms with van der Waals surface area (Å²) in [6.45, 7) is 0.825. The zero-order chi connectivity index (χ0) is 19.2. The average Bonchev–Trinajstić information content (AvgIpc) is 2.76. The minimum absolute atomic E-state index is 0.0109. The first kappa shape index (κ1) is 18.3. The maximum Gasteiger partial charge on any atom is 0.322 e. The smallest absolute Gasteiger partial charge is 0.321 e. The number of benzene rings is 3. The monoisotopic (exact) mass is 370 g/mol. The molecule has 0 bridgehead atoms. The molecule has 3 aromatic carbocycles. The molecule has 0 radical (unpaired) electrons. The molecular weight excluding hydrogens is 344 g/mol. The fourth-order valence-electron chi connectivity index (χ4n) is 3.93. The second kappa shape index (κ2) is 8.75. The second-order valence-corrected chi connectivity index (χ2v) is 7.41. The van der Waals surface area contributed by atoms with Crippen LogP contribution < -0.4 is 5.32 Å². The second-order valence-electron chi connectivity index (χ2n) is 7.41. The molecule has 3 aromatic rings. The number of carbonyl (C=O) groups excluding carboxylic acids is 1. The van der Waals surface area contributed by atoms with Crippen LogP contribution in [-0.2, 0) is 6.42 Å². The van der Waals surface area contributed by atoms with Crippen LogP contribution in [-0.4, -0.2) is 23.5 Å². The van der Waals surface area contributed by atoms with E-state index in [9.17, 15) is 4.79 Å². The van der Waals surface area contributed by atoms with Crippen molar-refractivity contribution in [2.75, 3.05) is 11.9 Å². The standard InChI is InChI=1S/C25H26N2O/c28-25(26-23-11-5-2-6-12-23)27-18-8-7-13-24(27)19-20-14-16-22(17-15-20)21-9-3-1-4-10-21/h1-6,9-12,14-17,24H,7-8,13,18-19H2,(H,26,28). The third-order valence-corrected chi connectivity index (χ3v) is 5.45. The summed E-state index contributed by atoms with van der Waals surface area (Å²) >= 11 is 0. The van der Waals surface area contributed by atoms with E-state index in [-0.39, 0.29) is 12.1 Å². The van der Waals surface area contributed by atoms with Gasteiger partial charge >= 0.3 is 6.03 Å². The Bertz CT molecular complexity index is 891. The van der Waals surface area contributed by atoms with Crippen molar-refractivity contribution in [3.63, 3.8) is 0 Å². The van der Waals surface area contributed by atoms with Crippen LogP contribution in [0, 0.1) is 0 Å². The normalized spacial score (nSPS) is 16.6. The van der Waals surface area contributed by atoms with Gasteiger partial charge in [-0.25, -0.2) is 4.79 Å². The molecule has 1 heterocycles. The van der Waals surface area contributed by atoms with Gasteiger partial charge < -0.3 is 10.2 Å². The van der Waals surface area contributed by atoms with Crippen LogP contribution in [0.3, 0.4) is 0 Å². The molecule has 0 saturated carbocycles. The first-order valence-electron chi connectivity index (χ1n) is 10.1. The van der Waals surface area contributed by atoms with Gasteiger partial charge in [-0.3, -0.25) is 0 Å². The number of nitrogens with one attached hydrogen (secondary N) is 1. The van der Waals surface area contributed by atoms with Crippen LogP contribution in [0.25, 0.3) is 11.1 Å². The van der Waals surface area contributed by atoms with Gasteiger partial charge in [0.05, 0.1) is 0 Å². The van der Waals surface area contributed by atoms with Gasteiger partial charge in [0.2, 0.25) is 0 Å². The molecule has 1 aliphatic rings. The van der Waals surface area contributed by atoms with Gasteiger partial charge in [-0.15, -0.1) is 0 Å². The zero-order valence-electron chi connectivity index (χ0n) is 16.1. The van der Waals surface area contributed by atoms with Gasteiger partial charge in [-0.05, 0) is 54.5 Å². The highest BCUT2D eigenvalue weighted by Crippen LogP contribution is 2.24. The summed E-state index contributed by atoms with van der Waals surface area (Å²) < 4.78 is 0. The lowest BCUT2D eigenvalue weighted by Crippen LogP contribution is -2.46. The van der Waals surface area contributed by atoms with Crippen LogP contribution in [0.1, 0.15) is 24.8 Å². The van der Waals surface area contributed by atoms with Crippen molar-refractivity contribution in [1.29, 1.82) is 0 Å². The van der Waals surface area contributed by atoms with E-state index in [0.29, 0.717) is 0 Å². The van der Waals surface area contributed by atoms with Crippen LogP contribution in [0.5, 0.6) is 0 Å². The highest BCUT2D eigenvalue weighted by molar-refractivity contribution is 5.89. The Labute approximate surface area is 167 Å². The Morgan fingerprint density at radius 1 is 0.821 bits per heavy atom. The van der Waals surface area contributed by atoms with Crippen molar-refractivity contribution in [3.8, 4) is 11.1 Å². The quantitative estimate of drug-likeness (QED) is 0.602. The summed E-state index contributed by atoms with van der Waals surface area (Å²) in [7, 11) is 0. The number of para-hydroxylation sites is 1. The summed E-state index contributed by atoms with van der Waals surface area (Å²) in [5.74, 6) is 0. The van der Waals surface area contributed by atoms with E-state index in [1.807, 2.05) is 41.3 Å². The summed E-state index contributed by atoms with van der Waals surface area (Å²) in [4.78, 5) is 14.8. The number of carbonyl (C=O) groups is 1. The summed E-state index contributed by atoms with van der Waals surface area (Å²) in [6, 6.07) is 29.2. The molecule has 28 heavy (non-hydrogen) atoms. The van der Waals surface area contributed by atoms with Gasteiger partial charge in [0.1, 0.15) is 0 Å². The van der Waals surface area contributed by atoms with Gasteiger partial charge in [-0.2, -0.15) is 0 Å². The highest BCUT2D eigenvalue weighted by atomic mass is 16.2. The first-order chi connectivity index (χ1) is 13.8. The third-order valence-electron chi connectivity index (χ3n) is 5.45. The molecule has 4 rings (SSSR count). The Hall–Kier alpha value is -3.07. The summed E-state index contributed by atoms with van der Waals surface area (Å²) in [6.07, 6.45) is 4.22. The average molecular weight is 370 g/mol. The number of piperidine rings is 1. The maximum atomic E-state index is 12.8. The van der Waals surface area contributed by atoms with Crippen LogP contribution in [0.4, 0.5) is 10.5 Å². The number of amides is 2. The largest absolute Gasteiger partial charge is 0.322 e. The van der Waals surface area contributed by atoms with E-state index in [1.54, 1.807) is 0 Å². The van der Waals surface area contributed by atoms with Crippen LogP contribution in [0.15, 0.2) is 84.9 Å². The van der Waals surface area contributed by atoms with Gasteiger partial charge in [0.15, 0.2) is 0 Å². The van der Waals surface area contributed by atoms with E-state index in [4.69, 9.17) is 0 Å². The van der Waals surface area contributed by atoms with E-state index >= 15 is 0 Å². The molecule has 1 unspecified atom stereocenters. The molecule has 3 nitrogen and oxygen atoms in total. The van der Waals surface area contributed by atoms with Crippen LogP contribution >= 0.6 is 0 Å². The minimum Gasteiger partial charge on any atom is -0.321 e. The van der Waals surface area contributed by atoms with Crippen molar-refractivity contribution in [1.82, 2.24) is 4.90 Å². The molecule has 142 valence electrons. The van der Waals surface area contributed by atoms with Gasteiger partial charge in [0.25, 0.3) is 0 Å². The SMILES string of the molecule is O=C(Nc1ccccc1)N1CCCCC1Cc1ccc(-c2ccccc2)cc1. The number of hydrogen-bond donors (Lipinski definition) is 1. The third kappa shape index (κ3) is 4.42. The predicted octanol–water partition coefficient (Wildman–Crippen LogP) is 5.98. The Morgan fingerprint density at radius 2 is 1.46 bits per heavy atom. The highest BCUT2D eigenvalue weighted by Gasteiger charge is 2.26. The predicted molar refractivity (Wildman–Crippen MR) is 115 cm³/mol. The molecular formula is C25H26N2O.